The van der Waals surface area contributed by atoms with Gasteiger partial charge in [0.2, 0.25) is 0 Å². The lowest BCUT2D eigenvalue weighted by Gasteiger charge is -2.35. The summed E-state index contributed by atoms with van der Waals surface area (Å²) < 4.78 is 10.2. The topological polar surface area (TPSA) is 69.7 Å². The second kappa shape index (κ2) is 6.68. The highest BCUT2D eigenvalue weighted by atomic mass is 16.5. The van der Waals surface area contributed by atoms with E-state index in [0.29, 0.717) is 12.7 Å². The Kier molecular flexibility index (Phi) is 5.48. The molecule has 0 aromatic heterocycles. The van der Waals surface area contributed by atoms with Crippen molar-refractivity contribution in [2.75, 3.05) is 6.61 Å². The molecule has 0 saturated carbocycles. The zero-order valence-corrected chi connectivity index (χ0v) is 12.5. The molecule has 0 N–H and O–H groups in total. The molecular weight excluding hydrogens is 260 g/mol. The summed E-state index contributed by atoms with van der Waals surface area (Å²) in [5.74, 6) is -1.98. The molecule has 1 rings (SSSR count). The van der Waals surface area contributed by atoms with Gasteiger partial charge in [0.05, 0.1) is 18.6 Å². The summed E-state index contributed by atoms with van der Waals surface area (Å²) in [5.41, 5.74) is -0.562. The Bertz CT molecular complexity index is 424. The molecule has 0 bridgehead atoms. The van der Waals surface area contributed by atoms with Crippen LogP contribution in [0.4, 0.5) is 0 Å². The fraction of sp³-hybridized carbons (Fsp3) is 0.667. The summed E-state index contributed by atoms with van der Waals surface area (Å²) in [6, 6.07) is 0. The number of esters is 2. The van der Waals surface area contributed by atoms with Crippen LogP contribution in [0.15, 0.2) is 11.6 Å². The molecule has 0 fully saturated rings. The van der Waals surface area contributed by atoms with Gasteiger partial charge in [-0.1, -0.05) is 11.6 Å². The van der Waals surface area contributed by atoms with E-state index in [9.17, 15) is 14.4 Å². The maximum atomic E-state index is 12.3. The molecule has 2 atom stereocenters. The van der Waals surface area contributed by atoms with Gasteiger partial charge >= 0.3 is 11.9 Å². The van der Waals surface area contributed by atoms with Crippen LogP contribution in [-0.2, 0) is 23.9 Å². The van der Waals surface area contributed by atoms with Crippen molar-refractivity contribution >= 4 is 18.2 Å². The number of aldehydes is 1. The minimum atomic E-state index is -1.46. The molecule has 0 unspecified atom stereocenters. The monoisotopic (exact) mass is 282 g/mol. The molecule has 0 aliphatic heterocycles. The molecule has 1 aliphatic carbocycles. The fourth-order valence-electron chi connectivity index (χ4n) is 2.45. The van der Waals surface area contributed by atoms with Gasteiger partial charge in [-0.25, -0.2) is 0 Å². The number of carbonyl (C=O) groups excluding carboxylic acids is 3. The zero-order valence-electron chi connectivity index (χ0n) is 12.5. The SMILES string of the molecule is CCOC(=O)[C@H]1CC=C(C)C[C@@]1(C=O)C(=O)OC(C)C. The summed E-state index contributed by atoms with van der Waals surface area (Å²) in [5, 5.41) is 0. The normalized spacial score (nSPS) is 25.9. The Morgan fingerprint density at radius 1 is 1.50 bits per heavy atom. The molecule has 0 amide bonds. The molecular formula is C15H22O5. The van der Waals surface area contributed by atoms with Crippen molar-refractivity contribution in [2.24, 2.45) is 11.3 Å². The Morgan fingerprint density at radius 3 is 2.65 bits per heavy atom. The minimum Gasteiger partial charge on any atom is -0.466 e. The van der Waals surface area contributed by atoms with E-state index in [0.717, 1.165) is 5.57 Å². The smallest absolute Gasteiger partial charge is 0.320 e. The third-order valence-electron chi connectivity index (χ3n) is 3.40. The quantitative estimate of drug-likeness (QED) is 0.334. The molecule has 0 aromatic rings. The lowest BCUT2D eigenvalue weighted by atomic mass is 9.67. The lowest BCUT2D eigenvalue weighted by molar-refractivity contribution is -0.173. The highest BCUT2D eigenvalue weighted by molar-refractivity contribution is 5.99. The second-order valence-corrected chi connectivity index (χ2v) is 5.38. The van der Waals surface area contributed by atoms with Crippen LogP contribution in [0.1, 0.15) is 40.5 Å². The van der Waals surface area contributed by atoms with Crippen molar-refractivity contribution in [1.29, 1.82) is 0 Å². The van der Waals surface area contributed by atoms with E-state index in [-0.39, 0.29) is 19.1 Å². The predicted octanol–water partition coefficient (Wildman–Crippen LogP) is 2.04. The van der Waals surface area contributed by atoms with E-state index in [1.165, 1.54) is 0 Å². The van der Waals surface area contributed by atoms with Crippen molar-refractivity contribution in [1.82, 2.24) is 0 Å². The van der Waals surface area contributed by atoms with E-state index in [1.807, 2.05) is 13.0 Å². The van der Waals surface area contributed by atoms with Gasteiger partial charge in [0.1, 0.15) is 11.7 Å². The van der Waals surface area contributed by atoms with Gasteiger partial charge in [-0.2, -0.15) is 0 Å². The second-order valence-electron chi connectivity index (χ2n) is 5.38. The highest BCUT2D eigenvalue weighted by Gasteiger charge is 2.52. The van der Waals surface area contributed by atoms with Crippen LogP contribution < -0.4 is 0 Å². The van der Waals surface area contributed by atoms with E-state index in [2.05, 4.69) is 0 Å². The lowest BCUT2D eigenvalue weighted by Crippen LogP contribution is -2.48. The summed E-state index contributed by atoms with van der Waals surface area (Å²) >= 11 is 0. The van der Waals surface area contributed by atoms with Crippen LogP contribution in [0.3, 0.4) is 0 Å². The van der Waals surface area contributed by atoms with Gasteiger partial charge in [-0.05, 0) is 40.5 Å². The molecule has 0 aromatic carbocycles. The first-order valence-electron chi connectivity index (χ1n) is 6.87. The average molecular weight is 282 g/mol. The molecule has 0 spiro atoms. The first kappa shape index (κ1) is 16.4. The van der Waals surface area contributed by atoms with Gasteiger partial charge in [0.15, 0.2) is 0 Å². The highest BCUT2D eigenvalue weighted by Crippen LogP contribution is 2.41. The van der Waals surface area contributed by atoms with Gasteiger partial charge in [-0.3, -0.25) is 9.59 Å². The number of allylic oxidation sites excluding steroid dienone is 2. The van der Waals surface area contributed by atoms with Crippen molar-refractivity contribution in [3.05, 3.63) is 11.6 Å². The summed E-state index contributed by atoms with van der Waals surface area (Å²) in [6.07, 6.45) is 2.59. The first-order chi connectivity index (χ1) is 9.37. The van der Waals surface area contributed by atoms with E-state index in [1.54, 1.807) is 20.8 Å². The average Bonchev–Trinajstić information content (AvgIpc) is 2.37. The van der Waals surface area contributed by atoms with Crippen LogP contribution in [-0.4, -0.2) is 30.9 Å². The molecule has 112 valence electrons. The molecule has 20 heavy (non-hydrogen) atoms. The Balaban J connectivity index is 3.14. The summed E-state index contributed by atoms with van der Waals surface area (Å²) in [4.78, 5) is 36.0. The van der Waals surface area contributed by atoms with Crippen LogP contribution in [0.25, 0.3) is 0 Å². The first-order valence-corrected chi connectivity index (χ1v) is 6.87. The predicted molar refractivity (Wildman–Crippen MR) is 72.8 cm³/mol. The fourth-order valence-corrected chi connectivity index (χ4v) is 2.45. The Hall–Kier alpha value is -1.65. The van der Waals surface area contributed by atoms with Crippen LogP contribution >= 0.6 is 0 Å². The molecule has 0 saturated heterocycles. The molecule has 5 heteroatoms. The molecule has 5 nitrogen and oxygen atoms in total. The summed E-state index contributed by atoms with van der Waals surface area (Å²) in [6.45, 7) is 7.16. The van der Waals surface area contributed by atoms with Gasteiger partial charge < -0.3 is 14.3 Å². The van der Waals surface area contributed by atoms with Crippen LogP contribution in [0.5, 0.6) is 0 Å². The van der Waals surface area contributed by atoms with Gasteiger partial charge in [0.25, 0.3) is 0 Å². The number of hydrogen-bond donors (Lipinski definition) is 0. The third-order valence-corrected chi connectivity index (χ3v) is 3.40. The van der Waals surface area contributed by atoms with Crippen molar-refractivity contribution in [2.45, 2.75) is 46.6 Å². The van der Waals surface area contributed by atoms with E-state index >= 15 is 0 Å². The molecule has 0 radical (unpaired) electrons. The van der Waals surface area contributed by atoms with Crippen LogP contribution in [0.2, 0.25) is 0 Å². The van der Waals surface area contributed by atoms with Gasteiger partial charge in [0, 0.05) is 0 Å². The number of hydrogen-bond acceptors (Lipinski definition) is 5. The zero-order chi connectivity index (χ0) is 15.3. The van der Waals surface area contributed by atoms with Gasteiger partial charge in [-0.15, -0.1) is 0 Å². The number of carbonyl (C=O) groups is 3. The minimum absolute atomic E-state index is 0.200. The number of rotatable bonds is 5. The number of ether oxygens (including phenoxy) is 2. The van der Waals surface area contributed by atoms with Crippen molar-refractivity contribution in [3.8, 4) is 0 Å². The summed E-state index contributed by atoms with van der Waals surface area (Å²) in [7, 11) is 0. The van der Waals surface area contributed by atoms with Crippen LogP contribution in [0, 0.1) is 11.3 Å². The standard InChI is InChI=1S/C15H22O5/c1-5-19-13(17)12-7-6-11(4)8-15(12,9-16)14(18)20-10(2)3/h6,9-10,12H,5,7-8H2,1-4H3/t12-,15+/m1/s1. The Labute approximate surface area is 119 Å². The molecule has 1 aliphatic rings. The molecule has 0 heterocycles. The van der Waals surface area contributed by atoms with Crippen molar-refractivity contribution in [3.63, 3.8) is 0 Å². The van der Waals surface area contributed by atoms with E-state index in [4.69, 9.17) is 9.47 Å². The third kappa shape index (κ3) is 3.26. The maximum Gasteiger partial charge on any atom is 0.320 e. The maximum absolute atomic E-state index is 12.3. The van der Waals surface area contributed by atoms with E-state index < -0.39 is 23.3 Å². The Morgan fingerprint density at radius 2 is 2.15 bits per heavy atom. The largest absolute Gasteiger partial charge is 0.466 e. The van der Waals surface area contributed by atoms with Crippen molar-refractivity contribution < 1.29 is 23.9 Å².